The Bertz CT molecular complexity index is 641. The number of amides is 1. The minimum atomic E-state index is -0.697. The lowest BCUT2D eigenvalue weighted by atomic mass is 10.1. The zero-order chi connectivity index (χ0) is 14.0. The second-order valence-corrected chi connectivity index (χ2v) is 4.15. The Morgan fingerprint density at radius 3 is 2.53 bits per heavy atom. The third kappa shape index (κ3) is 2.88. The van der Waals surface area contributed by atoms with Crippen molar-refractivity contribution in [3.8, 4) is 0 Å². The maximum absolute atomic E-state index is 13.6. The van der Waals surface area contributed by atoms with Gasteiger partial charge in [-0.3, -0.25) is 4.79 Å². The molecule has 0 spiro atoms. The number of hydrogen-bond acceptors (Lipinski definition) is 2. The number of carbonyl (C=O) groups is 1. The average molecular weight is 262 g/mol. The molecule has 0 aliphatic carbocycles. The zero-order valence-corrected chi connectivity index (χ0v) is 10.2. The van der Waals surface area contributed by atoms with Crippen molar-refractivity contribution in [1.82, 2.24) is 0 Å². The Labute approximate surface area is 109 Å². The molecule has 0 bridgehead atoms. The molecule has 98 valence electrons. The number of carbonyl (C=O) groups excluding carboxylic acids is 1. The summed E-state index contributed by atoms with van der Waals surface area (Å²) < 4.78 is 26.5. The summed E-state index contributed by atoms with van der Waals surface area (Å²) in [5.41, 5.74) is 6.53. The van der Waals surface area contributed by atoms with Crippen LogP contribution in [0.4, 0.5) is 20.2 Å². The lowest BCUT2D eigenvalue weighted by Gasteiger charge is -2.09. The van der Waals surface area contributed by atoms with E-state index in [0.29, 0.717) is 11.3 Å². The summed E-state index contributed by atoms with van der Waals surface area (Å²) in [5, 5.41) is 2.53. The number of nitrogen functional groups attached to an aromatic ring is 1. The summed E-state index contributed by atoms with van der Waals surface area (Å²) in [7, 11) is 0. The van der Waals surface area contributed by atoms with Gasteiger partial charge in [0.15, 0.2) is 0 Å². The summed E-state index contributed by atoms with van der Waals surface area (Å²) in [4.78, 5) is 11.9. The number of rotatable bonds is 2. The molecule has 0 radical (unpaired) electrons. The summed E-state index contributed by atoms with van der Waals surface area (Å²) in [6, 6.07) is 7.76. The smallest absolute Gasteiger partial charge is 0.258 e. The van der Waals surface area contributed by atoms with Gasteiger partial charge >= 0.3 is 0 Å². The van der Waals surface area contributed by atoms with Crippen LogP contribution >= 0.6 is 0 Å². The molecule has 3 N–H and O–H groups in total. The van der Waals surface area contributed by atoms with Crippen LogP contribution in [0.25, 0.3) is 0 Å². The van der Waals surface area contributed by atoms with E-state index in [0.717, 1.165) is 6.07 Å². The predicted molar refractivity (Wildman–Crippen MR) is 69.9 cm³/mol. The Balaban J connectivity index is 2.25. The highest BCUT2D eigenvalue weighted by Gasteiger charge is 2.13. The van der Waals surface area contributed by atoms with E-state index in [-0.39, 0.29) is 11.3 Å². The van der Waals surface area contributed by atoms with Gasteiger partial charge in [-0.15, -0.1) is 0 Å². The summed E-state index contributed by atoms with van der Waals surface area (Å²) in [6.07, 6.45) is 0. The monoisotopic (exact) mass is 262 g/mol. The molecule has 19 heavy (non-hydrogen) atoms. The number of anilines is 2. The second kappa shape index (κ2) is 5.06. The third-order valence-electron chi connectivity index (χ3n) is 2.67. The van der Waals surface area contributed by atoms with E-state index in [9.17, 15) is 13.6 Å². The number of aryl methyl sites for hydroxylation is 1. The van der Waals surface area contributed by atoms with Gasteiger partial charge < -0.3 is 11.1 Å². The summed E-state index contributed by atoms with van der Waals surface area (Å²) in [6.45, 7) is 1.65. The van der Waals surface area contributed by atoms with Crippen LogP contribution in [0, 0.1) is 18.6 Å². The van der Waals surface area contributed by atoms with E-state index in [1.54, 1.807) is 6.92 Å². The first-order valence-corrected chi connectivity index (χ1v) is 5.60. The Kier molecular flexibility index (Phi) is 3.46. The van der Waals surface area contributed by atoms with Crippen molar-refractivity contribution >= 4 is 17.3 Å². The largest absolute Gasteiger partial charge is 0.399 e. The molecule has 2 aromatic rings. The fraction of sp³-hybridized carbons (Fsp3) is 0.0714. The number of hydrogen-bond donors (Lipinski definition) is 2. The zero-order valence-electron chi connectivity index (χ0n) is 10.2. The summed E-state index contributed by atoms with van der Waals surface area (Å²) in [5.74, 6) is -1.70. The van der Waals surface area contributed by atoms with Crippen LogP contribution in [-0.4, -0.2) is 5.91 Å². The van der Waals surface area contributed by atoms with Gasteiger partial charge in [-0.2, -0.15) is 0 Å². The first-order valence-electron chi connectivity index (χ1n) is 5.60. The van der Waals surface area contributed by atoms with Crippen molar-refractivity contribution in [2.24, 2.45) is 0 Å². The number of nitrogens with one attached hydrogen (secondary N) is 1. The molecule has 0 aromatic heterocycles. The van der Waals surface area contributed by atoms with E-state index in [1.807, 2.05) is 0 Å². The van der Waals surface area contributed by atoms with E-state index in [1.165, 1.54) is 30.3 Å². The molecular weight excluding hydrogens is 250 g/mol. The van der Waals surface area contributed by atoms with E-state index in [4.69, 9.17) is 5.73 Å². The Morgan fingerprint density at radius 1 is 1.16 bits per heavy atom. The molecule has 1 amide bonds. The van der Waals surface area contributed by atoms with Gasteiger partial charge in [0.05, 0.1) is 5.56 Å². The van der Waals surface area contributed by atoms with Gasteiger partial charge in [-0.05, 0) is 48.9 Å². The molecular formula is C14H12F2N2O. The number of halogens is 2. The van der Waals surface area contributed by atoms with Crippen molar-refractivity contribution < 1.29 is 13.6 Å². The third-order valence-corrected chi connectivity index (χ3v) is 2.67. The number of benzene rings is 2. The molecule has 0 unspecified atom stereocenters. The quantitative estimate of drug-likeness (QED) is 0.817. The second-order valence-electron chi connectivity index (χ2n) is 4.15. The molecule has 5 heteroatoms. The van der Waals surface area contributed by atoms with Crippen LogP contribution in [0.5, 0.6) is 0 Å². The van der Waals surface area contributed by atoms with Crippen LogP contribution in [0.1, 0.15) is 15.9 Å². The van der Waals surface area contributed by atoms with Crippen molar-refractivity contribution in [1.29, 1.82) is 0 Å². The first kappa shape index (κ1) is 13.0. The maximum Gasteiger partial charge on any atom is 0.258 e. The van der Waals surface area contributed by atoms with Gasteiger partial charge in [-0.25, -0.2) is 8.78 Å². The van der Waals surface area contributed by atoms with E-state index < -0.39 is 17.5 Å². The van der Waals surface area contributed by atoms with Gasteiger partial charge in [0.2, 0.25) is 0 Å². The minimum Gasteiger partial charge on any atom is -0.399 e. The standard InChI is InChI=1S/C14H12F2N2O/c1-8-6-9(15)2-5-13(8)18-14(19)11-4-3-10(17)7-12(11)16/h2-7H,17H2,1H3,(H,18,19). The fourth-order valence-electron chi connectivity index (χ4n) is 1.67. The molecule has 0 saturated carbocycles. The molecule has 0 atom stereocenters. The van der Waals surface area contributed by atoms with Crippen molar-refractivity contribution in [3.05, 3.63) is 59.2 Å². The molecule has 0 fully saturated rings. The molecule has 0 saturated heterocycles. The van der Waals surface area contributed by atoms with E-state index >= 15 is 0 Å². The topological polar surface area (TPSA) is 55.1 Å². The van der Waals surface area contributed by atoms with Gasteiger partial charge in [0.25, 0.3) is 5.91 Å². The molecule has 0 aliphatic rings. The van der Waals surface area contributed by atoms with E-state index in [2.05, 4.69) is 5.32 Å². The van der Waals surface area contributed by atoms with Gasteiger partial charge in [-0.1, -0.05) is 0 Å². The summed E-state index contributed by atoms with van der Waals surface area (Å²) >= 11 is 0. The fourth-order valence-corrected chi connectivity index (χ4v) is 1.67. The molecule has 3 nitrogen and oxygen atoms in total. The molecule has 2 rings (SSSR count). The van der Waals surface area contributed by atoms with Crippen molar-refractivity contribution in [2.45, 2.75) is 6.92 Å². The molecule has 2 aromatic carbocycles. The SMILES string of the molecule is Cc1cc(F)ccc1NC(=O)c1ccc(N)cc1F. The lowest BCUT2D eigenvalue weighted by molar-refractivity contribution is 0.102. The lowest BCUT2D eigenvalue weighted by Crippen LogP contribution is -2.14. The van der Waals surface area contributed by atoms with Crippen LogP contribution in [0.2, 0.25) is 0 Å². The van der Waals surface area contributed by atoms with Gasteiger partial charge in [0, 0.05) is 11.4 Å². The minimum absolute atomic E-state index is 0.113. The Morgan fingerprint density at radius 2 is 1.89 bits per heavy atom. The molecule has 0 heterocycles. The maximum atomic E-state index is 13.6. The van der Waals surface area contributed by atoms with Crippen LogP contribution < -0.4 is 11.1 Å². The average Bonchev–Trinajstić information content (AvgIpc) is 2.32. The predicted octanol–water partition coefficient (Wildman–Crippen LogP) is 3.11. The molecule has 0 aliphatic heterocycles. The highest BCUT2D eigenvalue weighted by atomic mass is 19.1. The van der Waals surface area contributed by atoms with Crippen LogP contribution in [0.15, 0.2) is 36.4 Å². The Hall–Kier alpha value is -2.43. The van der Waals surface area contributed by atoms with Crippen LogP contribution in [0.3, 0.4) is 0 Å². The normalized spacial score (nSPS) is 10.3. The first-order chi connectivity index (χ1) is 8.97. The van der Waals surface area contributed by atoms with Gasteiger partial charge in [0.1, 0.15) is 11.6 Å². The van der Waals surface area contributed by atoms with Crippen LogP contribution in [-0.2, 0) is 0 Å². The van der Waals surface area contributed by atoms with Crippen molar-refractivity contribution in [3.63, 3.8) is 0 Å². The van der Waals surface area contributed by atoms with Crippen molar-refractivity contribution in [2.75, 3.05) is 11.1 Å². The highest BCUT2D eigenvalue weighted by Crippen LogP contribution is 2.18. The highest BCUT2D eigenvalue weighted by molar-refractivity contribution is 6.05. The number of nitrogens with two attached hydrogens (primary N) is 1.